The number of rotatable bonds is 17. The first kappa shape index (κ1) is 65.2. The largest absolute Gasteiger partial charge is 0.508 e. The van der Waals surface area contributed by atoms with Gasteiger partial charge in [-0.3, -0.25) is 52.7 Å². The van der Waals surface area contributed by atoms with Crippen LogP contribution in [0, 0.1) is 11.8 Å². The van der Waals surface area contributed by atoms with Crippen LogP contribution in [0.5, 0.6) is 5.75 Å². The van der Waals surface area contributed by atoms with Crippen LogP contribution in [-0.2, 0) is 64.0 Å². The van der Waals surface area contributed by atoms with Gasteiger partial charge in [0, 0.05) is 30.9 Å². The number of halogens is 3. The van der Waals surface area contributed by atoms with Crippen molar-refractivity contribution in [3.63, 3.8) is 0 Å². The fourth-order valence-corrected chi connectivity index (χ4v) is 9.56. The molecule has 76 heavy (non-hydrogen) atoms. The third-order valence-corrected chi connectivity index (χ3v) is 13.9. The average Bonchev–Trinajstić information content (AvgIpc) is 3.83. The maximum absolute atomic E-state index is 14.4. The lowest BCUT2D eigenvalue weighted by Gasteiger charge is -2.31. The van der Waals surface area contributed by atoms with E-state index in [2.05, 4.69) is 37.2 Å². The van der Waals surface area contributed by atoms with Gasteiger partial charge in [-0.1, -0.05) is 67.8 Å². The van der Waals surface area contributed by atoms with Crippen LogP contribution in [0.2, 0.25) is 0 Å². The fourth-order valence-electron chi connectivity index (χ4n) is 7.29. The Morgan fingerprint density at radius 2 is 1.34 bits per heavy atom. The minimum Gasteiger partial charge on any atom is -0.508 e. The lowest BCUT2D eigenvalue weighted by atomic mass is 9.96. The van der Waals surface area contributed by atoms with Gasteiger partial charge < -0.3 is 73.4 Å². The van der Waals surface area contributed by atoms with Gasteiger partial charge >= 0.3 is 30.1 Å². The van der Waals surface area contributed by atoms with E-state index in [-0.39, 0.29) is 49.0 Å². The number of likely N-dealkylation sites (tertiary alicyclic amines) is 1. The summed E-state index contributed by atoms with van der Waals surface area (Å²) in [5.74, 6) is -15.5. The van der Waals surface area contributed by atoms with Crippen LogP contribution in [-0.4, -0.2) is 181 Å². The Morgan fingerprint density at radius 3 is 1.89 bits per heavy atom. The number of phenolic OH excluding ortho intramolecular Hbond substituents is 1. The molecule has 8 amide bonds. The van der Waals surface area contributed by atoms with Crippen LogP contribution in [0.15, 0.2) is 24.3 Å². The zero-order chi connectivity index (χ0) is 57.6. The number of nitrogens with zero attached hydrogens (tertiary/aromatic N) is 1. The highest BCUT2D eigenvalue weighted by molar-refractivity contribution is 8.76. The van der Waals surface area contributed by atoms with Gasteiger partial charge in [-0.25, -0.2) is 4.79 Å². The average molecular weight is 1120 g/mol. The van der Waals surface area contributed by atoms with Crippen LogP contribution in [0.1, 0.15) is 78.2 Å². The summed E-state index contributed by atoms with van der Waals surface area (Å²) in [6.07, 6.45) is -6.66. The van der Waals surface area contributed by atoms with Crippen molar-refractivity contribution in [2.24, 2.45) is 17.6 Å². The first-order valence-electron chi connectivity index (χ1n) is 23.6. The van der Waals surface area contributed by atoms with Crippen LogP contribution >= 0.6 is 21.6 Å². The van der Waals surface area contributed by atoms with E-state index in [9.17, 15) is 81.2 Å². The molecule has 0 aromatic heterocycles. The summed E-state index contributed by atoms with van der Waals surface area (Å²) in [7, 11) is 1.96. The zero-order valence-electron chi connectivity index (χ0n) is 41.7. The second-order valence-corrected chi connectivity index (χ2v) is 20.5. The maximum atomic E-state index is 14.4. The molecule has 2 heterocycles. The molecule has 3 rings (SSSR count). The summed E-state index contributed by atoms with van der Waals surface area (Å²) in [4.78, 5) is 156. The Kier molecular flexibility index (Phi) is 26.8. The van der Waals surface area contributed by atoms with Gasteiger partial charge in [0.1, 0.15) is 54.6 Å². The smallest absolute Gasteiger partial charge is 0.490 e. The molecule has 424 valence electrons. The van der Waals surface area contributed by atoms with Crippen LogP contribution < -0.4 is 43.0 Å². The van der Waals surface area contributed by atoms with E-state index in [0.29, 0.717) is 18.4 Å². The maximum Gasteiger partial charge on any atom is 0.490 e. The monoisotopic (exact) mass is 1120 g/mol. The lowest BCUT2D eigenvalue weighted by Crippen LogP contribution is -2.61. The highest BCUT2D eigenvalue weighted by Gasteiger charge is 2.41. The molecule has 0 saturated carbocycles. The third kappa shape index (κ3) is 22.5. The highest BCUT2D eigenvalue weighted by Crippen LogP contribution is 2.26. The summed E-state index contributed by atoms with van der Waals surface area (Å²) < 4.78 is 31.7. The molecule has 2 aliphatic rings. The number of phenols is 1. The van der Waals surface area contributed by atoms with E-state index in [4.69, 9.17) is 20.7 Å². The Bertz CT molecular complexity index is 2260. The number of amides is 8. The SMILES string of the molecule is CC[C@H](C)[C@@H]1NC(=O)[C@H](Cc2ccc(O)cc2)NC(=O)[C@@H](N)CSSC[C@@H](C(=O)N2CCC[C@H]2C(=O)N[C@@H](CC(C)C)C(=O)NCC(=O)O)NC(=O)[C@H](CC(=O)O)NC(=O)[C@H](CCC(=O)O)NC1=O.O=C(O)C(F)(F)F. The van der Waals surface area contributed by atoms with Crippen molar-refractivity contribution in [3.05, 3.63) is 29.8 Å². The molecule has 1 aromatic rings. The summed E-state index contributed by atoms with van der Waals surface area (Å²) in [5, 5.41) is 62.6. The molecule has 0 unspecified atom stereocenters. The lowest BCUT2D eigenvalue weighted by molar-refractivity contribution is -0.192. The molecule has 14 N–H and O–H groups in total. The van der Waals surface area contributed by atoms with Crippen LogP contribution in [0.25, 0.3) is 0 Å². The molecule has 0 radical (unpaired) electrons. The Balaban J connectivity index is 0.00000263. The van der Waals surface area contributed by atoms with Crippen molar-refractivity contribution in [2.75, 3.05) is 24.6 Å². The molecular weight excluding hydrogens is 1060 g/mol. The van der Waals surface area contributed by atoms with Crippen molar-refractivity contribution < 1.29 is 96.2 Å². The van der Waals surface area contributed by atoms with E-state index < -0.39 is 157 Å². The number of nitrogens with one attached hydrogen (secondary N) is 7. The van der Waals surface area contributed by atoms with E-state index in [1.165, 1.54) is 29.2 Å². The molecule has 2 aliphatic heterocycles. The second kappa shape index (κ2) is 31.2. The molecule has 0 spiro atoms. The number of hydrogen-bond donors (Lipinski definition) is 13. The van der Waals surface area contributed by atoms with Crippen molar-refractivity contribution in [2.45, 2.75) is 134 Å². The number of hydrogen-bond acceptors (Lipinski definition) is 16. The number of carbonyl (C=O) groups is 12. The first-order valence-corrected chi connectivity index (χ1v) is 26.1. The number of aromatic hydroxyl groups is 1. The van der Waals surface area contributed by atoms with Crippen molar-refractivity contribution in [3.8, 4) is 5.75 Å². The summed E-state index contributed by atoms with van der Waals surface area (Å²) in [5.41, 5.74) is 6.78. The molecule has 2 saturated heterocycles. The summed E-state index contributed by atoms with van der Waals surface area (Å²) in [6.45, 7) is 6.18. The highest BCUT2D eigenvalue weighted by atomic mass is 33.1. The number of aliphatic carboxylic acids is 4. The van der Waals surface area contributed by atoms with Crippen molar-refractivity contribution >= 4 is 92.7 Å². The predicted molar refractivity (Wildman–Crippen MR) is 263 cm³/mol. The Hall–Kier alpha value is -6.89. The van der Waals surface area contributed by atoms with Gasteiger partial charge in [-0.05, 0) is 55.2 Å². The molecule has 1 aromatic carbocycles. The number of alkyl halides is 3. The van der Waals surface area contributed by atoms with Gasteiger partial charge in [-0.2, -0.15) is 13.2 Å². The topological polar surface area (TPSA) is 419 Å². The number of nitrogens with two attached hydrogens (primary N) is 1. The number of carboxylic acids is 4. The number of carbonyl (C=O) groups excluding carboxylic acids is 8. The predicted octanol–water partition coefficient (Wildman–Crippen LogP) is -1.18. The molecule has 31 heteroatoms. The van der Waals surface area contributed by atoms with Gasteiger partial charge in [-0.15, -0.1) is 0 Å². The van der Waals surface area contributed by atoms with E-state index in [1.54, 1.807) is 27.7 Å². The van der Waals surface area contributed by atoms with Gasteiger partial charge in [0.2, 0.25) is 47.3 Å². The zero-order valence-corrected chi connectivity index (χ0v) is 43.3. The molecular formula is C45H64F3N9O17S2. The fraction of sp³-hybridized carbons (Fsp3) is 0.600. The third-order valence-electron chi connectivity index (χ3n) is 11.4. The van der Waals surface area contributed by atoms with Gasteiger partial charge in [0.05, 0.1) is 12.5 Å². The van der Waals surface area contributed by atoms with Crippen LogP contribution in [0.4, 0.5) is 13.2 Å². The minimum absolute atomic E-state index is 0.00296. The van der Waals surface area contributed by atoms with E-state index >= 15 is 0 Å². The molecule has 26 nitrogen and oxygen atoms in total. The first-order chi connectivity index (χ1) is 35.4. The Morgan fingerprint density at radius 1 is 0.776 bits per heavy atom. The van der Waals surface area contributed by atoms with Gasteiger partial charge in [0.15, 0.2) is 0 Å². The Labute approximate surface area is 441 Å². The quantitative estimate of drug-likeness (QED) is 0.0817. The minimum atomic E-state index is -5.08. The van der Waals surface area contributed by atoms with E-state index in [0.717, 1.165) is 21.6 Å². The van der Waals surface area contributed by atoms with Crippen molar-refractivity contribution in [1.82, 2.24) is 42.1 Å². The van der Waals surface area contributed by atoms with Crippen molar-refractivity contribution in [1.29, 1.82) is 0 Å². The summed E-state index contributed by atoms with van der Waals surface area (Å²) in [6, 6.07) is -5.74. The number of carboxylic acid groups (broad SMARTS) is 4. The van der Waals surface area contributed by atoms with Gasteiger partial charge in [0.25, 0.3) is 0 Å². The second-order valence-electron chi connectivity index (χ2n) is 18.0. The van der Waals surface area contributed by atoms with E-state index in [1.807, 2.05) is 0 Å². The molecule has 2 fully saturated rings. The van der Waals surface area contributed by atoms with Crippen LogP contribution in [0.3, 0.4) is 0 Å². The standard InChI is InChI=1S/C43H63N9O15S2.C2HF3O2/c1-5-22(4)35-42(66)46-26(12-13-32(54)55)38(62)48-29(17-33(56)57)39(63)50-30(20-69-68-19-25(44)36(60)47-28(40(64)51-35)16-23-8-10-24(53)11-9-23)43(67)52-14-6-7-31(52)41(65)49-27(15-21(2)3)37(61)45-18-34(58)59;3-2(4,5)1(6)7/h8-11,21-22,25-31,35,53H,5-7,12-20,44H2,1-4H3,(H,45,61)(H,46,66)(H,47,60)(H,48,62)(H,49,65)(H,50,63)(H,51,64)(H,54,55)(H,56,57)(H,58,59);(H,6,7)/t22-,25-,26-,27-,28-,29-,30-,31-,35-;/m0./s1. The number of benzene rings is 1. The normalized spacial score (nSPS) is 23.1. The molecule has 0 aliphatic carbocycles. The summed E-state index contributed by atoms with van der Waals surface area (Å²) >= 11 is 0. The molecule has 0 bridgehead atoms. The molecule has 9 atom stereocenters.